The van der Waals surface area contributed by atoms with Crippen LogP contribution in [0.5, 0.6) is 11.5 Å². The summed E-state index contributed by atoms with van der Waals surface area (Å²) < 4.78 is 10.7. The van der Waals surface area contributed by atoms with E-state index in [0.29, 0.717) is 24.6 Å². The minimum Gasteiger partial charge on any atom is -0.454 e. The zero-order valence-electron chi connectivity index (χ0n) is 18.7. The van der Waals surface area contributed by atoms with Crippen LogP contribution in [0.4, 0.5) is 5.69 Å². The molecule has 0 aromatic heterocycles. The third-order valence-corrected chi connectivity index (χ3v) is 6.66. The number of nitrogens with one attached hydrogen (secondary N) is 1. The van der Waals surface area contributed by atoms with Gasteiger partial charge in [0.25, 0.3) is 0 Å². The molecule has 2 aromatic carbocycles. The van der Waals surface area contributed by atoms with E-state index in [1.165, 1.54) is 11.1 Å². The van der Waals surface area contributed by atoms with Gasteiger partial charge in [0.2, 0.25) is 18.6 Å². The Morgan fingerprint density at radius 3 is 2.52 bits per heavy atom. The molecule has 2 aromatic rings. The standard InChI is InChI=1S/C26H29N3O4/c30-25(29-14-10-20(11-15-29)19-4-2-1-3-5-19)17-28-12-8-21(9-13-28)26(31)27-22-6-7-23-24(16-22)33-18-32-23/h1-7,10,16,21H,8-9,11-15,17-18H2,(H,27,31). The fourth-order valence-corrected chi connectivity index (χ4v) is 4.67. The topological polar surface area (TPSA) is 71.1 Å². The van der Waals surface area contributed by atoms with Crippen LogP contribution in [0.15, 0.2) is 54.6 Å². The van der Waals surface area contributed by atoms with Crippen LogP contribution in [0.1, 0.15) is 24.8 Å². The van der Waals surface area contributed by atoms with Crippen LogP contribution in [0.25, 0.3) is 5.57 Å². The van der Waals surface area contributed by atoms with Crippen LogP contribution in [-0.4, -0.2) is 61.1 Å². The summed E-state index contributed by atoms with van der Waals surface area (Å²) in [4.78, 5) is 29.6. The number of benzene rings is 2. The minimum atomic E-state index is -0.0480. The third kappa shape index (κ3) is 5.03. The van der Waals surface area contributed by atoms with Crippen molar-refractivity contribution in [3.63, 3.8) is 0 Å². The van der Waals surface area contributed by atoms with Crippen molar-refractivity contribution in [2.75, 3.05) is 44.8 Å². The number of ether oxygens (including phenoxy) is 2. The van der Waals surface area contributed by atoms with Crippen LogP contribution >= 0.6 is 0 Å². The molecule has 3 aliphatic rings. The summed E-state index contributed by atoms with van der Waals surface area (Å²) in [5.74, 6) is 1.50. The fourth-order valence-electron chi connectivity index (χ4n) is 4.67. The van der Waals surface area contributed by atoms with Crippen molar-refractivity contribution >= 4 is 23.1 Å². The van der Waals surface area contributed by atoms with E-state index in [0.717, 1.165) is 44.6 Å². The summed E-state index contributed by atoms with van der Waals surface area (Å²) >= 11 is 0. The number of anilines is 1. The van der Waals surface area contributed by atoms with Gasteiger partial charge >= 0.3 is 0 Å². The average molecular weight is 448 g/mol. The molecule has 3 heterocycles. The molecule has 3 aliphatic heterocycles. The molecule has 0 unspecified atom stereocenters. The summed E-state index contributed by atoms with van der Waals surface area (Å²) in [5.41, 5.74) is 3.27. The number of carbonyl (C=O) groups excluding carboxylic acids is 2. The predicted octanol–water partition coefficient (Wildman–Crippen LogP) is 3.38. The molecule has 33 heavy (non-hydrogen) atoms. The van der Waals surface area contributed by atoms with Gasteiger partial charge in [-0.2, -0.15) is 0 Å². The van der Waals surface area contributed by atoms with E-state index < -0.39 is 0 Å². The van der Waals surface area contributed by atoms with Gasteiger partial charge < -0.3 is 19.7 Å². The number of fused-ring (bicyclic) bond motifs is 1. The first-order valence-electron chi connectivity index (χ1n) is 11.6. The van der Waals surface area contributed by atoms with Crippen LogP contribution in [0.3, 0.4) is 0 Å². The highest BCUT2D eigenvalue weighted by molar-refractivity contribution is 5.93. The van der Waals surface area contributed by atoms with Gasteiger partial charge in [0.1, 0.15) is 0 Å². The lowest BCUT2D eigenvalue weighted by Gasteiger charge is -2.33. The Balaban J connectivity index is 1.07. The number of carbonyl (C=O) groups is 2. The molecule has 7 heteroatoms. The second-order valence-corrected chi connectivity index (χ2v) is 8.79. The summed E-state index contributed by atoms with van der Waals surface area (Å²) in [5, 5.41) is 2.99. The second kappa shape index (κ2) is 9.67. The SMILES string of the molecule is O=C(Nc1ccc2c(c1)OCO2)C1CCN(CC(=O)N2CC=C(c3ccccc3)CC2)CC1. The number of likely N-dealkylation sites (tertiary alicyclic amines) is 1. The maximum Gasteiger partial charge on any atom is 0.237 e. The molecule has 1 fully saturated rings. The Bertz CT molecular complexity index is 1040. The Morgan fingerprint density at radius 2 is 1.76 bits per heavy atom. The van der Waals surface area contributed by atoms with Crippen LogP contribution in [0.2, 0.25) is 0 Å². The van der Waals surface area contributed by atoms with E-state index in [2.05, 4.69) is 28.4 Å². The fraction of sp³-hybridized carbons (Fsp3) is 0.385. The highest BCUT2D eigenvalue weighted by Crippen LogP contribution is 2.34. The third-order valence-electron chi connectivity index (χ3n) is 6.66. The number of hydrogen-bond acceptors (Lipinski definition) is 5. The minimum absolute atomic E-state index is 0.0226. The molecule has 0 saturated carbocycles. The molecule has 0 aliphatic carbocycles. The van der Waals surface area contributed by atoms with Crippen molar-refractivity contribution in [2.24, 2.45) is 5.92 Å². The second-order valence-electron chi connectivity index (χ2n) is 8.79. The number of amides is 2. The number of piperidine rings is 1. The summed E-state index contributed by atoms with van der Waals surface area (Å²) in [7, 11) is 0. The first-order valence-corrected chi connectivity index (χ1v) is 11.6. The highest BCUT2D eigenvalue weighted by atomic mass is 16.7. The van der Waals surface area contributed by atoms with Gasteiger partial charge in [0, 0.05) is 30.8 Å². The van der Waals surface area contributed by atoms with E-state index in [1.807, 2.05) is 35.2 Å². The molecular formula is C26H29N3O4. The van der Waals surface area contributed by atoms with Gasteiger partial charge in [-0.05, 0) is 55.6 Å². The quantitative estimate of drug-likeness (QED) is 0.761. The molecule has 7 nitrogen and oxygen atoms in total. The molecule has 2 amide bonds. The van der Waals surface area contributed by atoms with Crippen LogP contribution < -0.4 is 14.8 Å². The highest BCUT2D eigenvalue weighted by Gasteiger charge is 2.28. The molecule has 172 valence electrons. The molecule has 0 spiro atoms. The van der Waals surface area contributed by atoms with E-state index in [4.69, 9.17) is 9.47 Å². The number of rotatable bonds is 5. The normalized spacial score (nSPS) is 18.7. The zero-order valence-corrected chi connectivity index (χ0v) is 18.7. The van der Waals surface area contributed by atoms with E-state index >= 15 is 0 Å². The predicted molar refractivity (Wildman–Crippen MR) is 126 cm³/mol. The number of hydrogen-bond donors (Lipinski definition) is 1. The Morgan fingerprint density at radius 1 is 0.970 bits per heavy atom. The Hall–Kier alpha value is -3.32. The average Bonchev–Trinajstić information content (AvgIpc) is 3.33. The largest absolute Gasteiger partial charge is 0.454 e. The van der Waals surface area contributed by atoms with Gasteiger partial charge in [-0.25, -0.2) is 0 Å². The van der Waals surface area contributed by atoms with Gasteiger partial charge in [-0.1, -0.05) is 36.4 Å². The van der Waals surface area contributed by atoms with Gasteiger partial charge in [0.05, 0.1) is 6.54 Å². The number of nitrogens with zero attached hydrogens (tertiary/aromatic N) is 2. The van der Waals surface area contributed by atoms with Crippen molar-refractivity contribution in [1.82, 2.24) is 9.80 Å². The summed E-state index contributed by atoms with van der Waals surface area (Å²) in [6, 6.07) is 15.8. The Kier molecular flexibility index (Phi) is 6.30. The van der Waals surface area contributed by atoms with Crippen molar-refractivity contribution in [3.8, 4) is 11.5 Å². The molecule has 0 atom stereocenters. The summed E-state index contributed by atoms with van der Waals surface area (Å²) in [6.45, 7) is 3.57. The van der Waals surface area contributed by atoms with Crippen LogP contribution in [0, 0.1) is 5.92 Å². The van der Waals surface area contributed by atoms with Crippen molar-refractivity contribution < 1.29 is 19.1 Å². The van der Waals surface area contributed by atoms with E-state index in [1.54, 1.807) is 6.07 Å². The van der Waals surface area contributed by atoms with E-state index in [9.17, 15) is 9.59 Å². The molecule has 0 radical (unpaired) electrons. The van der Waals surface area contributed by atoms with Gasteiger partial charge in [0.15, 0.2) is 11.5 Å². The lowest BCUT2D eigenvalue weighted by molar-refractivity contribution is -0.132. The molecular weight excluding hydrogens is 418 g/mol. The first-order chi connectivity index (χ1) is 16.2. The monoisotopic (exact) mass is 447 g/mol. The lowest BCUT2D eigenvalue weighted by Crippen LogP contribution is -2.45. The molecule has 5 rings (SSSR count). The molecule has 1 saturated heterocycles. The first kappa shape index (κ1) is 21.5. The maximum absolute atomic E-state index is 12.8. The smallest absolute Gasteiger partial charge is 0.237 e. The summed E-state index contributed by atoms with van der Waals surface area (Å²) in [6.07, 6.45) is 4.56. The van der Waals surface area contributed by atoms with Crippen molar-refractivity contribution in [2.45, 2.75) is 19.3 Å². The van der Waals surface area contributed by atoms with Gasteiger partial charge in [-0.3, -0.25) is 14.5 Å². The van der Waals surface area contributed by atoms with E-state index in [-0.39, 0.29) is 24.5 Å². The van der Waals surface area contributed by atoms with Crippen LogP contribution in [-0.2, 0) is 9.59 Å². The maximum atomic E-state index is 12.8. The Labute approximate surface area is 194 Å². The van der Waals surface area contributed by atoms with Crippen molar-refractivity contribution in [3.05, 3.63) is 60.2 Å². The van der Waals surface area contributed by atoms with Gasteiger partial charge in [-0.15, -0.1) is 0 Å². The molecule has 0 bridgehead atoms. The lowest BCUT2D eigenvalue weighted by atomic mass is 9.95. The molecule has 1 N–H and O–H groups in total. The van der Waals surface area contributed by atoms with Crippen molar-refractivity contribution in [1.29, 1.82) is 0 Å². The zero-order chi connectivity index (χ0) is 22.6.